The van der Waals surface area contributed by atoms with Crippen molar-refractivity contribution in [2.45, 2.75) is 19.0 Å². The largest absolute Gasteiger partial charge is 0.497 e. The zero-order chi connectivity index (χ0) is 20.5. The van der Waals surface area contributed by atoms with Gasteiger partial charge in [-0.1, -0.05) is 60.7 Å². The molecule has 0 saturated carbocycles. The van der Waals surface area contributed by atoms with Gasteiger partial charge in [0, 0.05) is 12.1 Å². The van der Waals surface area contributed by atoms with Gasteiger partial charge >= 0.3 is 0 Å². The Balaban J connectivity index is 1.66. The Kier molecular flexibility index (Phi) is 7.00. The Labute approximate surface area is 170 Å². The summed E-state index contributed by atoms with van der Waals surface area (Å²) in [5.74, 6) is 0.393. The van der Waals surface area contributed by atoms with Gasteiger partial charge in [0.25, 0.3) is 5.91 Å². The third-order valence-electron chi connectivity index (χ3n) is 4.56. The fourth-order valence-corrected chi connectivity index (χ4v) is 3.01. The van der Waals surface area contributed by atoms with Crippen LogP contribution < -0.4 is 15.4 Å². The van der Waals surface area contributed by atoms with Crippen LogP contribution in [0.4, 0.5) is 0 Å². The fraction of sp³-hybridized carbons (Fsp3) is 0.167. The second-order valence-corrected chi connectivity index (χ2v) is 6.64. The molecule has 5 heteroatoms. The molecule has 3 aromatic carbocycles. The van der Waals surface area contributed by atoms with E-state index in [-0.39, 0.29) is 18.2 Å². The van der Waals surface area contributed by atoms with E-state index in [0.717, 1.165) is 16.9 Å². The number of hydrogen-bond acceptors (Lipinski definition) is 3. The third-order valence-corrected chi connectivity index (χ3v) is 4.56. The van der Waals surface area contributed by atoms with Crippen molar-refractivity contribution < 1.29 is 14.3 Å². The van der Waals surface area contributed by atoms with E-state index >= 15 is 0 Å². The van der Waals surface area contributed by atoms with Crippen molar-refractivity contribution in [3.05, 3.63) is 102 Å². The molecular weight excluding hydrogens is 364 g/mol. The number of ether oxygens (including phenoxy) is 1. The Morgan fingerprint density at radius 2 is 1.59 bits per heavy atom. The standard InChI is InChI=1S/C24H24N2O3/c1-29-21-14-8-9-18(15-21)17-25-23(27)16-22(19-10-4-2-5-11-19)26-24(28)20-12-6-3-7-13-20/h2-15,22H,16-17H2,1H3,(H,25,27)(H,26,28). The maximum absolute atomic E-state index is 12.6. The van der Waals surface area contributed by atoms with E-state index in [0.29, 0.717) is 12.1 Å². The highest BCUT2D eigenvalue weighted by molar-refractivity contribution is 5.94. The summed E-state index contributed by atoms with van der Waals surface area (Å²) < 4.78 is 5.21. The summed E-state index contributed by atoms with van der Waals surface area (Å²) in [6.45, 7) is 0.393. The highest BCUT2D eigenvalue weighted by Crippen LogP contribution is 2.18. The Bertz CT molecular complexity index is 943. The van der Waals surface area contributed by atoms with Crippen LogP contribution in [0.25, 0.3) is 0 Å². The molecule has 3 aromatic rings. The summed E-state index contributed by atoms with van der Waals surface area (Å²) in [6, 6.07) is 25.6. The number of amides is 2. The number of carbonyl (C=O) groups excluding carboxylic acids is 2. The van der Waals surface area contributed by atoms with Crippen molar-refractivity contribution in [3.8, 4) is 5.75 Å². The number of methoxy groups -OCH3 is 1. The SMILES string of the molecule is COc1cccc(CNC(=O)CC(NC(=O)c2ccccc2)c2ccccc2)c1. The molecule has 5 nitrogen and oxygen atoms in total. The quantitative estimate of drug-likeness (QED) is 0.616. The van der Waals surface area contributed by atoms with Crippen molar-refractivity contribution in [2.24, 2.45) is 0 Å². The van der Waals surface area contributed by atoms with Gasteiger partial charge in [0.05, 0.1) is 19.6 Å². The molecule has 0 aliphatic heterocycles. The predicted molar refractivity (Wildman–Crippen MR) is 113 cm³/mol. The monoisotopic (exact) mass is 388 g/mol. The van der Waals surface area contributed by atoms with Crippen LogP contribution in [0.1, 0.15) is 33.9 Å². The number of hydrogen-bond donors (Lipinski definition) is 2. The summed E-state index contributed by atoms with van der Waals surface area (Å²) in [7, 11) is 1.61. The van der Waals surface area contributed by atoms with Gasteiger partial charge in [-0.3, -0.25) is 9.59 Å². The van der Waals surface area contributed by atoms with Crippen molar-refractivity contribution in [3.63, 3.8) is 0 Å². The van der Waals surface area contributed by atoms with Crippen molar-refractivity contribution in [2.75, 3.05) is 7.11 Å². The minimum atomic E-state index is -0.422. The maximum atomic E-state index is 12.6. The second-order valence-electron chi connectivity index (χ2n) is 6.64. The van der Waals surface area contributed by atoms with E-state index < -0.39 is 6.04 Å². The molecule has 0 aliphatic carbocycles. The molecule has 0 spiro atoms. The molecule has 1 atom stereocenters. The van der Waals surface area contributed by atoms with Gasteiger partial charge in [-0.05, 0) is 35.4 Å². The van der Waals surface area contributed by atoms with Gasteiger partial charge in [-0.25, -0.2) is 0 Å². The first-order valence-corrected chi connectivity index (χ1v) is 9.46. The van der Waals surface area contributed by atoms with E-state index in [1.807, 2.05) is 72.8 Å². The molecule has 3 rings (SSSR count). The molecule has 0 bridgehead atoms. The number of nitrogens with one attached hydrogen (secondary N) is 2. The molecule has 0 aliphatic rings. The van der Waals surface area contributed by atoms with Crippen molar-refractivity contribution in [1.82, 2.24) is 10.6 Å². The molecule has 0 radical (unpaired) electrons. The van der Waals surface area contributed by atoms with Crippen molar-refractivity contribution >= 4 is 11.8 Å². The highest BCUT2D eigenvalue weighted by Gasteiger charge is 2.19. The van der Waals surface area contributed by atoms with Crippen LogP contribution in [0.3, 0.4) is 0 Å². The van der Waals surface area contributed by atoms with Crippen LogP contribution in [-0.4, -0.2) is 18.9 Å². The van der Waals surface area contributed by atoms with Crippen LogP contribution in [0.2, 0.25) is 0 Å². The molecule has 2 amide bonds. The third kappa shape index (κ3) is 5.94. The molecule has 0 heterocycles. The molecular formula is C24H24N2O3. The van der Waals surface area contributed by atoms with Gasteiger partial charge in [-0.2, -0.15) is 0 Å². The lowest BCUT2D eigenvalue weighted by Gasteiger charge is -2.19. The van der Waals surface area contributed by atoms with Crippen molar-refractivity contribution in [1.29, 1.82) is 0 Å². The predicted octanol–water partition coefficient (Wildman–Crippen LogP) is 3.87. The van der Waals surface area contributed by atoms with E-state index in [1.165, 1.54) is 0 Å². The van der Waals surface area contributed by atoms with Gasteiger partial charge in [0.2, 0.25) is 5.91 Å². The topological polar surface area (TPSA) is 67.4 Å². The molecule has 29 heavy (non-hydrogen) atoms. The van der Waals surface area contributed by atoms with Gasteiger partial charge in [0.15, 0.2) is 0 Å². The van der Waals surface area contributed by atoms with Crippen LogP contribution >= 0.6 is 0 Å². The molecule has 1 unspecified atom stereocenters. The highest BCUT2D eigenvalue weighted by atomic mass is 16.5. The number of rotatable bonds is 8. The molecule has 148 valence electrons. The zero-order valence-electron chi connectivity index (χ0n) is 16.3. The van der Waals surface area contributed by atoms with E-state index in [9.17, 15) is 9.59 Å². The Morgan fingerprint density at radius 1 is 0.897 bits per heavy atom. The molecule has 0 saturated heterocycles. The molecule has 0 fully saturated rings. The van der Waals surface area contributed by atoms with Crippen LogP contribution in [0.15, 0.2) is 84.9 Å². The summed E-state index contributed by atoms with van der Waals surface area (Å²) in [5, 5.41) is 5.89. The first-order valence-electron chi connectivity index (χ1n) is 9.46. The lowest BCUT2D eigenvalue weighted by atomic mass is 10.0. The molecule has 2 N–H and O–H groups in total. The summed E-state index contributed by atoms with van der Waals surface area (Å²) in [6.07, 6.45) is 0.145. The maximum Gasteiger partial charge on any atom is 0.251 e. The van der Waals surface area contributed by atoms with E-state index in [1.54, 1.807) is 19.2 Å². The first-order chi connectivity index (χ1) is 14.2. The summed E-state index contributed by atoms with van der Waals surface area (Å²) in [5.41, 5.74) is 2.39. The smallest absolute Gasteiger partial charge is 0.251 e. The number of benzene rings is 3. The average Bonchev–Trinajstić information content (AvgIpc) is 2.78. The Morgan fingerprint density at radius 3 is 2.28 bits per heavy atom. The lowest BCUT2D eigenvalue weighted by Crippen LogP contribution is -2.33. The van der Waals surface area contributed by atoms with E-state index in [4.69, 9.17) is 4.74 Å². The molecule has 0 aromatic heterocycles. The lowest BCUT2D eigenvalue weighted by molar-refractivity contribution is -0.121. The number of carbonyl (C=O) groups is 2. The average molecular weight is 388 g/mol. The summed E-state index contributed by atoms with van der Waals surface area (Å²) >= 11 is 0. The van der Waals surface area contributed by atoms with E-state index in [2.05, 4.69) is 10.6 Å². The Hall–Kier alpha value is -3.60. The minimum absolute atomic E-state index is 0.143. The van der Waals surface area contributed by atoms with Gasteiger partial charge in [0.1, 0.15) is 5.75 Å². The van der Waals surface area contributed by atoms with Gasteiger partial charge in [-0.15, -0.1) is 0 Å². The summed E-state index contributed by atoms with van der Waals surface area (Å²) in [4.78, 5) is 25.2. The van der Waals surface area contributed by atoms with Crippen LogP contribution in [-0.2, 0) is 11.3 Å². The zero-order valence-corrected chi connectivity index (χ0v) is 16.3. The second kappa shape index (κ2) is 10.1. The van der Waals surface area contributed by atoms with Crippen LogP contribution in [0, 0.1) is 0 Å². The van der Waals surface area contributed by atoms with Gasteiger partial charge < -0.3 is 15.4 Å². The van der Waals surface area contributed by atoms with Crippen LogP contribution in [0.5, 0.6) is 5.75 Å². The normalized spacial score (nSPS) is 11.3. The fourth-order valence-electron chi connectivity index (χ4n) is 3.01. The first kappa shape index (κ1) is 20.1. The minimum Gasteiger partial charge on any atom is -0.497 e.